The van der Waals surface area contributed by atoms with Crippen LogP contribution in [0.3, 0.4) is 0 Å². The van der Waals surface area contributed by atoms with Crippen LogP contribution in [-0.4, -0.2) is 18.2 Å². The van der Waals surface area contributed by atoms with E-state index in [1.807, 2.05) is 0 Å². The lowest BCUT2D eigenvalue weighted by Gasteiger charge is -2.05. The molecule has 70 valence electrons. The van der Waals surface area contributed by atoms with Crippen LogP contribution in [0.15, 0.2) is 12.1 Å². The van der Waals surface area contributed by atoms with Crippen molar-refractivity contribution in [1.29, 1.82) is 0 Å². The summed E-state index contributed by atoms with van der Waals surface area (Å²) in [4.78, 5) is 10.5. The van der Waals surface area contributed by atoms with Gasteiger partial charge in [-0.2, -0.15) is 0 Å². The van der Waals surface area contributed by atoms with E-state index in [4.69, 9.17) is 10.8 Å². The third kappa shape index (κ3) is 1.53. The number of rotatable bonds is 2. The smallest absolute Gasteiger partial charge is 0.337 e. The summed E-state index contributed by atoms with van der Waals surface area (Å²) in [6.07, 6.45) is 0. The van der Waals surface area contributed by atoms with Crippen molar-refractivity contribution in [3.8, 4) is 5.75 Å². The zero-order chi connectivity index (χ0) is 10.0. The number of hydrogen-bond acceptors (Lipinski definition) is 3. The Bertz CT molecular complexity index is 351. The van der Waals surface area contributed by atoms with Gasteiger partial charge in [0.05, 0.1) is 18.4 Å². The highest BCUT2D eigenvalue weighted by molar-refractivity contribution is 5.94. The Morgan fingerprint density at radius 3 is 2.69 bits per heavy atom. The molecule has 0 fully saturated rings. The van der Waals surface area contributed by atoms with E-state index in [0.717, 1.165) is 0 Å². The van der Waals surface area contributed by atoms with Gasteiger partial charge in [-0.05, 0) is 12.1 Å². The number of hydrogen-bond donors (Lipinski definition) is 2. The van der Waals surface area contributed by atoms with Crippen LogP contribution in [0.2, 0.25) is 0 Å². The number of carboxylic acid groups (broad SMARTS) is 1. The summed E-state index contributed by atoms with van der Waals surface area (Å²) < 4.78 is 17.7. The highest BCUT2D eigenvalue weighted by atomic mass is 19.1. The molecule has 1 aromatic rings. The topological polar surface area (TPSA) is 72.5 Å². The summed E-state index contributed by atoms with van der Waals surface area (Å²) >= 11 is 0. The first kappa shape index (κ1) is 9.31. The van der Waals surface area contributed by atoms with Crippen LogP contribution in [0.25, 0.3) is 0 Å². The highest BCUT2D eigenvalue weighted by Gasteiger charge is 2.15. The van der Waals surface area contributed by atoms with Gasteiger partial charge in [0.2, 0.25) is 0 Å². The van der Waals surface area contributed by atoms with Gasteiger partial charge < -0.3 is 15.6 Å². The van der Waals surface area contributed by atoms with E-state index in [-0.39, 0.29) is 11.3 Å². The Kier molecular flexibility index (Phi) is 2.36. The number of nitrogens with two attached hydrogens (primary N) is 1. The fraction of sp³-hybridized carbons (Fsp3) is 0.125. The van der Waals surface area contributed by atoms with Crippen LogP contribution in [0.1, 0.15) is 10.4 Å². The van der Waals surface area contributed by atoms with E-state index in [0.29, 0.717) is 0 Å². The largest absolute Gasteiger partial charge is 0.494 e. The second kappa shape index (κ2) is 3.30. The van der Waals surface area contributed by atoms with Gasteiger partial charge >= 0.3 is 5.97 Å². The number of anilines is 1. The fourth-order valence-corrected chi connectivity index (χ4v) is 0.917. The van der Waals surface area contributed by atoms with Crippen molar-refractivity contribution in [3.05, 3.63) is 23.5 Å². The maximum atomic E-state index is 13.1. The maximum absolute atomic E-state index is 13.1. The van der Waals surface area contributed by atoms with Crippen LogP contribution >= 0.6 is 0 Å². The average molecular weight is 185 g/mol. The van der Waals surface area contributed by atoms with Gasteiger partial charge in [0.1, 0.15) is 0 Å². The summed E-state index contributed by atoms with van der Waals surface area (Å²) in [5.74, 6) is -2.18. The van der Waals surface area contributed by atoms with Crippen molar-refractivity contribution in [2.24, 2.45) is 0 Å². The SMILES string of the molecule is COc1ccc(C(=O)O)c(N)c1F. The van der Waals surface area contributed by atoms with Gasteiger partial charge in [0.15, 0.2) is 11.6 Å². The molecule has 0 aliphatic heterocycles. The molecule has 0 amide bonds. The quantitative estimate of drug-likeness (QED) is 0.677. The van der Waals surface area contributed by atoms with Crippen molar-refractivity contribution < 1.29 is 19.0 Å². The first-order valence-corrected chi connectivity index (χ1v) is 3.43. The van der Waals surface area contributed by atoms with E-state index >= 15 is 0 Å². The summed E-state index contributed by atoms with van der Waals surface area (Å²) in [5, 5.41) is 8.57. The van der Waals surface area contributed by atoms with E-state index in [1.165, 1.54) is 19.2 Å². The molecule has 5 heteroatoms. The van der Waals surface area contributed by atoms with Crippen molar-refractivity contribution >= 4 is 11.7 Å². The molecule has 0 aliphatic carbocycles. The van der Waals surface area contributed by atoms with Crippen molar-refractivity contribution in [2.75, 3.05) is 12.8 Å². The first-order chi connectivity index (χ1) is 6.07. The molecule has 0 aromatic heterocycles. The zero-order valence-corrected chi connectivity index (χ0v) is 6.87. The molecule has 0 saturated carbocycles. The standard InChI is InChI=1S/C8H8FNO3/c1-13-5-3-2-4(8(11)12)7(10)6(5)9/h2-3H,10H2,1H3,(H,11,12). The number of benzene rings is 1. The van der Waals surface area contributed by atoms with Crippen LogP contribution < -0.4 is 10.5 Å². The summed E-state index contributed by atoms with van der Waals surface area (Å²) in [6.45, 7) is 0. The maximum Gasteiger partial charge on any atom is 0.337 e. The Hall–Kier alpha value is -1.78. The Morgan fingerprint density at radius 2 is 2.23 bits per heavy atom. The molecule has 13 heavy (non-hydrogen) atoms. The minimum Gasteiger partial charge on any atom is -0.494 e. The molecular formula is C8H8FNO3. The monoisotopic (exact) mass is 185 g/mol. The molecule has 0 saturated heterocycles. The molecule has 3 N–H and O–H groups in total. The summed E-state index contributed by atoms with van der Waals surface area (Å²) in [5.41, 5.74) is 4.55. The lowest BCUT2D eigenvalue weighted by Crippen LogP contribution is -2.05. The fourth-order valence-electron chi connectivity index (χ4n) is 0.917. The minimum absolute atomic E-state index is 0.0671. The van der Waals surface area contributed by atoms with Gasteiger partial charge in [0, 0.05) is 0 Å². The molecule has 0 atom stereocenters. The second-order valence-corrected chi connectivity index (χ2v) is 2.35. The lowest BCUT2D eigenvalue weighted by atomic mass is 10.1. The summed E-state index contributed by atoms with van der Waals surface area (Å²) in [6, 6.07) is 2.41. The number of ether oxygens (including phenoxy) is 1. The first-order valence-electron chi connectivity index (χ1n) is 3.43. The molecule has 1 aromatic carbocycles. The van der Waals surface area contributed by atoms with Gasteiger partial charge in [0.25, 0.3) is 0 Å². The van der Waals surface area contributed by atoms with E-state index < -0.39 is 17.5 Å². The molecule has 0 bridgehead atoms. The van der Waals surface area contributed by atoms with Gasteiger partial charge in [-0.15, -0.1) is 0 Å². The average Bonchev–Trinajstić information content (AvgIpc) is 2.09. The minimum atomic E-state index is -1.26. The number of halogens is 1. The van der Waals surface area contributed by atoms with Crippen molar-refractivity contribution in [1.82, 2.24) is 0 Å². The molecule has 0 radical (unpaired) electrons. The van der Waals surface area contributed by atoms with E-state index in [9.17, 15) is 9.18 Å². The van der Waals surface area contributed by atoms with Crippen LogP contribution in [0, 0.1) is 5.82 Å². The predicted octanol–water partition coefficient (Wildman–Crippen LogP) is 1.11. The Balaban J connectivity index is 3.31. The lowest BCUT2D eigenvalue weighted by molar-refractivity contribution is 0.0697. The van der Waals surface area contributed by atoms with Crippen molar-refractivity contribution in [3.63, 3.8) is 0 Å². The number of carboxylic acids is 1. The molecular weight excluding hydrogens is 177 g/mol. The van der Waals surface area contributed by atoms with Crippen LogP contribution in [0.5, 0.6) is 5.75 Å². The second-order valence-electron chi connectivity index (χ2n) is 2.35. The van der Waals surface area contributed by atoms with Crippen LogP contribution in [-0.2, 0) is 0 Å². The van der Waals surface area contributed by atoms with E-state index in [2.05, 4.69) is 4.74 Å². The Morgan fingerprint density at radius 1 is 1.62 bits per heavy atom. The Labute approximate surface area is 73.7 Å². The van der Waals surface area contributed by atoms with Gasteiger partial charge in [-0.25, -0.2) is 9.18 Å². The van der Waals surface area contributed by atoms with Crippen molar-refractivity contribution in [2.45, 2.75) is 0 Å². The normalized spacial score (nSPS) is 9.69. The van der Waals surface area contributed by atoms with Gasteiger partial charge in [-0.1, -0.05) is 0 Å². The molecule has 4 nitrogen and oxygen atoms in total. The molecule has 0 heterocycles. The highest BCUT2D eigenvalue weighted by Crippen LogP contribution is 2.25. The predicted molar refractivity (Wildman–Crippen MR) is 44.3 cm³/mol. The third-order valence-electron chi connectivity index (χ3n) is 1.59. The third-order valence-corrected chi connectivity index (χ3v) is 1.59. The molecule has 0 unspecified atom stereocenters. The summed E-state index contributed by atoms with van der Waals surface area (Å²) in [7, 11) is 1.28. The molecule has 1 rings (SSSR count). The number of aromatic carboxylic acids is 1. The van der Waals surface area contributed by atoms with Gasteiger partial charge in [-0.3, -0.25) is 0 Å². The number of nitrogen functional groups attached to an aromatic ring is 1. The van der Waals surface area contributed by atoms with E-state index in [1.54, 1.807) is 0 Å². The zero-order valence-electron chi connectivity index (χ0n) is 6.87. The van der Waals surface area contributed by atoms with Crippen LogP contribution in [0.4, 0.5) is 10.1 Å². The number of carbonyl (C=O) groups is 1. The number of methoxy groups -OCH3 is 1. The molecule has 0 aliphatic rings. The molecule has 0 spiro atoms.